The molecule has 5 nitrogen and oxygen atoms in total. The number of pyridine rings is 1. The Balaban J connectivity index is 1.88. The molecule has 4 rings (SSSR count). The number of oxazole rings is 1. The molecule has 104 valence electrons. The topological polar surface area (TPSA) is 67.6 Å². The Morgan fingerprint density at radius 3 is 3.00 bits per heavy atom. The summed E-state index contributed by atoms with van der Waals surface area (Å²) in [5, 5.41) is 8.40. The summed E-state index contributed by atoms with van der Waals surface area (Å²) in [5.41, 5.74) is 5.84. The molecule has 0 atom stereocenters. The monoisotopic (exact) mass is 278 g/mol. The minimum absolute atomic E-state index is 0.683. The first-order valence-electron chi connectivity index (χ1n) is 6.86. The maximum Gasteiger partial charge on any atom is 0.192 e. The van der Waals surface area contributed by atoms with Crippen LogP contribution in [0, 0.1) is 13.8 Å². The number of aromatic nitrogens is 4. The maximum absolute atomic E-state index is 5.59. The van der Waals surface area contributed by atoms with Crippen LogP contribution in [0.15, 0.2) is 34.9 Å². The lowest BCUT2D eigenvalue weighted by atomic mass is 10.0. The summed E-state index contributed by atoms with van der Waals surface area (Å²) in [6, 6.07) is 7.92. The van der Waals surface area contributed by atoms with Crippen LogP contribution < -0.4 is 0 Å². The molecule has 0 amide bonds. The fraction of sp³-hybridized carbons (Fsp3) is 0.188. The van der Waals surface area contributed by atoms with Gasteiger partial charge in [-0.15, -0.1) is 0 Å². The Labute approximate surface area is 121 Å². The third-order valence-electron chi connectivity index (χ3n) is 3.69. The van der Waals surface area contributed by atoms with E-state index in [4.69, 9.17) is 4.42 Å². The first kappa shape index (κ1) is 12.1. The second-order valence-corrected chi connectivity index (χ2v) is 5.17. The molecule has 0 saturated carbocycles. The fourth-order valence-electron chi connectivity index (χ4n) is 2.77. The normalized spacial score (nSPS) is 11.5. The van der Waals surface area contributed by atoms with Crippen molar-refractivity contribution in [2.24, 2.45) is 0 Å². The minimum atomic E-state index is 0.683. The number of nitrogens with zero attached hydrogens (tertiary/aromatic N) is 3. The number of rotatable bonds is 2. The van der Waals surface area contributed by atoms with Gasteiger partial charge in [-0.25, -0.2) is 4.98 Å². The highest BCUT2D eigenvalue weighted by Crippen LogP contribution is 2.25. The summed E-state index contributed by atoms with van der Waals surface area (Å²) in [6.45, 7) is 3.88. The Bertz CT molecular complexity index is 951. The van der Waals surface area contributed by atoms with Gasteiger partial charge in [-0.3, -0.25) is 10.1 Å². The number of H-pyrrole nitrogens is 1. The lowest BCUT2D eigenvalue weighted by Gasteiger charge is -2.03. The third kappa shape index (κ3) is 1.89. The number of para-hydroxylation sites is 1. The number of benzene rings is 1. The Hall–Kier alpha value is -2.69. The van der Waals surface area contributed by atoms with E-state index < -0.39 is 0 Å². The van der Waals surface area contributed by atoms with Crippen LogP contribution in [0.1, 0.15) is 22.8 Å². The van der Waals surface area contributed by atoms with Gasteiger partial charge in [-0.05, 0) is 24.6 Å². The molecule has 0 aliphatic rings. The Morgan fingerprint density at radius 1 is 1.19 bits per heavy atom. The highest BCUT2D eigenvalue weighted by molar-refractivity contribution is 5.84. The molecule has 0 spiro atoms. The van der Waals surface area contributed by atoms with Crippen molar-refractivity contribution in [1.29, 1.82) is 0 Å². The summed E-state index contributed by atoms with van der Waals surface area (Å²) >= 11 is 0. The minimum Gasteiger partial charge on any atom is -0.441 e. The fourth-order valence-corrected chi connectivity index (χ4v) is 2.77. The van der Waals surface area contributed by atoms with Crippen LogP contribution >= 0.6 is 0 Å². The summed E-state index contributed by atoms with van der Waals surface area (Å²) < 4.78 is 5.59. The molecule has 0 bridgehead atoms. The van der Waals surface area contributed by atoms with E-state index in [2.05, 4.69) is 26.2 Å². The van der Waals surface area contributed by atoms with Crippen molar-refractivity contribution in [1.82, 2.24) is 20.2 Å². The molecule has 0 unspecified atom stereocenters. The van der Waals surface area contributed by atoms with Crippen LogP contribution in [0.2, 0.25) is 0 Å². The summed E-state index contributed by atoms with van der Waals surface area (Å²) in [5.74, 6) is 0.683. The summed E-state index contributed by atoms with van der Waals surface area (Å²) in [6.07, 6.45) is 2.51. The second-order valence-electron chi connectivity index (χ2n) is 5.17. The first-order chi connectivity index (χ1) is 10.2. The van der Waals surface area contributed by atoms with Crippen LogP contribution in [0.5, 0.6) is 0 Å². The van der Waals surface area contributed by atoms with Crippen LogP contribution in [-0.2, 0) is 6.42 Å². The van der Waals surface area contributed by atoms with E-state index in [0.717, 1.165) is 39.0 Å². The van der Waals surface area contributed by atoms with Gasteiger partial charge in [0.1, 0.15) is 5.52 Å². The molecule has 0 fully saturated rings. The molecule has 1 aromatic carbocycles. The van der Waals surface area contributed by atoms with E-state index in [1.54, 1.807) is 6.20 Å². The Kier molecular flexibility index (Phi) is 2.54. The van der Waals surface area contributed by atoms with Crippen LogP contribution in [-0.4, -0.2) is 20.2 Å². The maximum atomic E-state index is 5.59. The predicted octanol–water partition coefficient (Wildman–Crippen LogP) is 3.31. The molecule has 0 aliphatic heterocycles. The van der Waals surface area contributed by atoms with E-state index in [1.165, 1.54) is 0 Å². The van der Waals surface area contributed by atoms with Gasteiger partial charge in [0.2, 0.25) is 0 Å². The van der Waals surface area contributed by atoms with Crippen LogP contribution in [0.3, 0.4) is 0 Å². The average molecular weight is 278 g/mol. The van der Waals surface area contributed by atoms with Gasteiger partial charge < -0.3 is 4.42 Å². The quantitative estimate of drug-likeness (QED) is 0.611. The number of nitrogens with one attached hydrogen (secondary N) is 1. The van der Waals surface area contributed by atoms with E-state index >= 15 is 0 Å². The number of aromatic amines is 1. The molecule has 0 aliphatic carbocycles. The zero-order valence-electron chi connectivity index (χ0n) is 11.8. The number of hydrogen-bond acceptors (Lipinski definition) is 4. The van der Waals surface area contributed by atoms with Gasteiger partial charge >= 0.3 is 0 Å². The molecular weight excluding hydrogens is 264 g/mol. The van der Waals surface area contributed by atoms with Crippen molar-refractivity contribution in [3.8, 4) is 0 Å². The third-order valence-corrected chi connectivity index (χ3v) is 3.69. The van der Waals surface area contributed by atoms with Crippen molar-refractivity contribution >= 4 is 22.0 Å². The molecule has 5 heteroatoms. The summed E-state index contributed by atoms with van der Waals surface area (Å²) in [7, 11) is 0. The second kappa shape index (κ2) is 4.41. The van der Waals surface area contributed by atoms with Crippen molar-refractivity contribution in [2.45, 2.75) is 20.3 Å². The average Bonchev–Trinajstić information content (AvgIpc) is 3.03. The molecule has 3 aromatic heterocycles. The lowest BCUT2D eigenvalue weighted by Crippen LogP contribution is -1.95. The predicted molar refractivity (Wildman–Crippen MR) is 80.2 cm³/mol. The highest BCUT2D eigenvalue weighted by atomic mass is 16.3. The molecule has 1 N–H and O–H groups in total. The highest BCUT2D eigenvalue weighted by Gasteiger charge is 2.12. The van der Waals surface area contributed by atoms with Gasteiger partial charge in [0.15, 0.2) is 11.5 Å². The van der Waals surface area contributed by atoms with Gasteiger partial charge in [-0.1, -0.05) is 12.1 Å². The Morgan fingerprint density at radius 2 is 2.10 bits per heavy atom. The molecule has 3 heterocycles. The standard InChI is InChI=1S/C16H14N4O/c1-9-15-12(20-19-9)6-7-17-13(15)8-11-4-3-5-14-16(11)18-10(2)21-14/h3-7H,8H2,1-2H3,(H,19,20). The van der Waals surface area contributed by atoms with Gasteiger partial charge in [0, 0.05) is 30.6 Å². The van der Waals surface area contributed by atoms with Crippen molar-refractivity contribution < 1.29 is 4.42 Å². The first-order valence-corrected chi connectivity index (χ1v) is 6.86. The lowest BCUT2D eigenvalue weighted by molar-refractivity contribution is 0.561. The molecule has 4 aromatic rings. The zero-order valence-corrected chi connectivity index (χ0v) is 11.8. The SMILES string of the molecule is Cc1nc2c(Cc3nccc4n[nH]c(C)c34)cccc2o1. The van der Waals surface area contributed by atoms with Crippen LogP contribution in [0.25, 0.3) is 22.0 Å². The van der Waals surface area contributed by atoms with E-state index in [0.29, 0.717) is 12.3 Å². The molecule has 0 saturated heterocycles. The zero-order chi connectivity index (χ0) is 14.4. The molecule has 21 heavy (non-hydrogen) atoms. The number of fused-ring (bicyclic) bond motifs is 2. The van der Waals surface area contributed by atoms with E-state index in [1.807, 2.05) is 32.0 Å². The van der Waals surface area contributed by atoms with Crippen molar-refractivity contribution in [3.63, 3.8) is 0 Å². The van der Waals surface area contributed by atoms with Gasteiger partial charge in [0.25, 0.3) is 0 Å². The van der Waals surface area contributed by atoms with Crippen molar-refractivity contribution in [2.75, 3.05) is 0 Å². The smallest absolute Gasteiger partial charge is 0.192 e. The van der Waals surface area contributed by atoms with Gasteiger partial charge in [-0.2, -0.15) is 5.10 Å². The number of aryl methyl sites for hydroxylation is 2. The van der Waals surface area contributed by atoms with E-state index in [-0.39, 0.29) is 0 Å². The van der Waals surface area contributed by atoms with Gasteiger partial charge in [0.05, 0.1) is 11.2 Å². The van der Waals surface area contributed by atoms with Crippen molar-refractivity contribution in [3.05, 3.63) is 53.3 Å². The molecular formula is C16H14N4O. The summed E-state index contributed by atoms with van der Waals surface area (Å²) in [4.78, 5) is 9.01. The molecule has 0 radical (unpaired) electrons. The largest absolute Gasteiger partial charge is 0.441 e. The number of hydrogen-bond donors (Lipinski definition) is 1. The van der Waals surface area contributed by atoms with E-state index in [9.17, 15) is 0 Å². The van der Waals surface area contributed by atoms with Crippen LogP contribution in [0.4, 0.5) is 0 Å².